The van der Waals surface area contributed by atoms with Crippen LogP contribution in [0.25, 0.3) is 0 Å². The first kappa shape index (κ1) is 15.4. The van der Waals surface area contributed by atoms with Crippen molar-refractivity contribution < 1.29 is 14.3 Å². The summed E-state index contributed by atoms with van der Waals surface area (Å²) in [7, 11) is 0. The molecule has 0 aliphatic rings. The van der Waals surface area contributed by atoms with Gasteiger partial charge in [0.2, 0.25) is 0 Å². The fourth-order valence-electron chi connectivity index (χ4n) is 1.95. The van der Waals surface area contributed by atoms with E-state index in [4.69, 9.17) is 9.47 Å². The van der Waals surface area contributed by atoms with Crippen molar-refractivity contribution >= 4 is 6.47 Å². The molecule has 0 fully saturated rings. The van der Waals surface area contributed by atoms with Crippen LogP contribution in [0, 0.1) is 0 Å². The van der Waals surface area contributed by atoms with E-state index in [-0.39, 0.29) is 5.60 Å². The van der Waals surface area contributed by atoms with E-state index in [1.54, 1.807) is 0 Å². The fourth-order valence-corrected chi connectivity index (χ4v) is 1.95. The first-order valence-electron chi connectivity index (χ1n) is 6.08. The zero-order valence-corrected chi connectivity index (χ0v) is 11.3. The molecule has 0 amide bonds. The lowest BCUT2D eigenvalue weighted by molar-refractivity contribution is -0.147. The zero-order chi connectivity index (χ0) is 12.7. The molecule has 3 heteroatoms. The molecule has 0 heterocycles. The van der Waals surface area contributed by atoms with Crippen molar-refractivity contribution in [2.75, 3.05) is 6.61 Å². The standard InChI is InChI=1S/C13H26O3/c1-6-7-8-9-15-12(2,3)10-13(4,5)16-11-14/h11H,6-10H2,1-5H3. The predicted molar refractivity (Wildman–Crippen MR) is 65.4 cm³/mol. The lowest BCUT2D eigenvalue weighted by Crippen LogP contribution is -2.37. The molecule has 0 aromatic carbocycles. The molecule has 0 aliphatic carbocycles. The molecule has 3 nitrogen and oxygen atoms in total. The van der Waals surface area contributed by atoms with Crippen LogP contribution in [0.5, 0.6) is 0 Å². The Labute approximate surface area is 99.5 Å². The van der Waals surface area contributed by atoms with Crippen molar-refractivity contribution in [2.24, 2.45) is 0 Å². The van der Waals surface area contributed by atoms with Crippen molar-refractivity contribution in [3.63, 3.8) is 0 Å². The Morgan fingerprint density at radius 3 is 2.19 bits per heavy atom. The van der Waals surface area contributed by atoms with Crippen molar-refractivity contribution in [3.8, 4) is 0 Å². The van der Waals surface area contributed by atoms with Gasteiger partial charge in [-0.05, 0) is 34.1 Å². The molecule has 0 saturated carbocycles. The summed E-state index contributed by atoms with van der Waals surface area (Å²) in [6.07, 6.45) is 4.19. The molecule has 0 N–H and O–H groups in total. The maximum absolute atomic E-state index is 10.3. The molecule has 0 aliphatic heterocycles. The van der Waals surface area contributed by atoms with Crippen LogP contribution in [-0.2, 0) is 14.3 Å². The maximum atomic E-state index is 10.3. The minimum absolute atomic E-state index is 0.250. The van der Waals surface area contributed by atoms with E-state index in [0.717, 1.165) is 13.0 Å². The number of unbranched alkanes of at least 4 members (excludes halogenated alkanes) is 2. The van der Waals surface area contributed by atoms with Crippen LogP contribution in [0.3, 0.4) is 0 Å². The molecular weight excluding hydrogens is 204 g/mol. The van der Waals surface area contributed by atoms with E-state index in [1.807, 2.05) is 27.7 Å². The molecule has 0 aromatic heterocycles. The summed E-state index contributed by atoms with van der Waals surface area (Å²) >= 11 is 0. The first-order chi connectivity index (χ1) is 7.33. The second-order valence-electron chi connectivity index (χ2n) is 5.47. The molecule has 0 radical (unpaired) electrons. The Bertz CT molecular complexity index is 197. The number of ether oxygens (including phenoxy) is 2. The normalized spacial score (nSPS) is 12.6. The van der Waals surface area contributed by atoms with Crippen molar-refractivity contribution in [2.45, 2.75) is 71.5 Å². The highest BCUT2D eigenvalue weighted by Gasteiger charge is 2.30. The molecule has 0 unspecified atom stereocenters. The summed E-state index contributed by atoms with van der Waals surface area (Å²) in [5, 5.41) is 0. The van der Waals surface area contributed by atoms with E-state index >= 15 is 0 Å². The maximum Gasteiger partial charge on any atom is 0.293 e. The Balaban J connectivity index is 3.97. The molecule has 0 aromatic rings. The van der Waals surface area contributed by atoms with Crippen LogP contribution < -0.4 is 0 Å². The van der Waals surface area contributed by atoms with Crippen molar-refractivity contribution in [1.82, 2.24) is 0 Å². The number of carbonyl (C=O) groups is 1. The van der Waals surface area contributed by atoms with Gasteiger partial charge in [0.15, 0.2) is 0 Å². The van der Waals surface area contributed by atoms with Crippen molar-refractivity contribution in [3.05, 3.63) is 0 Å². The van der Waals surface area contributed by atoms with E-state index < -0.39 is 5.60 Å². The van der Waals surface area contributed by atoms with Crippen LogP contribution in [0.2, 0.25) is 0 Å². The molecule has 0 spiro atoms. The molecular formula is C13H26O3. The lowest BCUT2D eigenvalue weighted by Gasteiger charge is -2.33. The molecule has 16 heavy (non-hydrogen) atoms. The van der Waals surface area contributed by atoms with Crippen molar-refractivity contribution in [1.29, 1.82) is 0 Å². The van der Waals surface area contributed by atoms with E-state index in [9.17, 15) is 4.79 Å². The Morgan fingerprint density at radius 1 is 1.06 bits per heavy atom. The number of hydrogen-bond acceptors (Lipinski definition) is 3. The van der Waals surface area contributed by atoms with Gasteiger partial charge in [0.1, 0.15) is 5.60 Å². The third-order valence-corrected chi connectivity index (χ3v) is 2.46. The highest BCUT2D eigenvalue weighted by atomic mass is 16.5. The Hall–Kier alpha value is -0.570. The largest absolute Gasteiger partial charge is 0.462 e. The summed E-state index contributed by atoms with van der Waals surface area (Å²) in [5.41, 5.74) is -0.712. The van der Waals surface area contributed by atoms with Crippen LogP contribution in [0.4, 0.5) is 0 Å². The smallest absolute Gasteiger partial charge is 0.293 e. The van der Waals surface area contributed by atoms with Gasteiger partial charge < -0.3 is 9.47 Å². The second-order valence-corrected chi connectivity index (χ2v) is 5.47. The van der Waals surface area contributed by atoms with Gasteiger partial charge in [-0.15, -0.1) is 0 Å². The lowest BCUT2D eigenvalue weighted by atomic mass is 9.92. The summed E-state index contributed by atoms with van der Waals surface area (Å²) in [6.45, 7) is 11.3. The summed E-state index contributed by atoms with van der Waals surface area (Å²) in [6, 6.07) is 0. The minimum Gasteiger partial charge on any atom is -0.462 e. The fraction of sp³-hybridized carbons (Fsp3) is 0.923. The average Bonchev–Trinajstić information content (AvgIpc) is 2.10. The quantitative estimate of drug-likeness (QED) is 0.450. The van der Waals surface area contributed by atoms with E-state index in [2.05, 4.69) is 6.92 Å². The van der Waals surface area contributed by atoms with Crippen LogP contribution in [0.1, 0.15) is 60.3 Å². The summed E-state index contributed by atoms with van der Waals surface area (Å²) < 4.78 is 10.8. The second kappa shape index (κ2) is 6.89. The predicted octanol–water partition coefficient (Wildman–Crippen LogP) is 3.31. The molecule has 96 valence electrons. The van der Waals surface area contributed by atoms with Gasteiger partial charge in [-0.25, -0.2) is 0 Å². The summed E-state index contributed by atoms with van der Waals surface area (Å²) in [5.74, 6) is 0. The monoisotopic (exact) mass is 230 g/mol. The molecule has 0 atom stereocenters. The van der Waals surface area contributed by atoms with Gasteiger partial charge in [0.05, 0.1) is 5.60 Å². The van der Waals surface area contributed by atoms with E-state index in [0.29, 0.717) is 12.9 Å². The first-order valence-corrected chi connectivity index (χ1v) is 6.08. The van der Waals surface area contributed by atoms with Gasteiger partial charge >= 0.3 is 0 Å². The van der Waals surface area contributed by atoms with Gasteiger partial charge in [-0.2, -0.15) is 0 Å². The molecule has 0 rings (SSSR count). The van der Waals surface area contributed by atoms with Gasteiger partial charge in [-0.3, -0.25) is 4.79 Å². The van der Waals surface area contributed by atoms with E-state index in [1.165, 1.54) is 12.8 Å². The Morgan fingerprint density at radius 2 is 1.69 bits per heavy atom. The summed E-state index contributed by atoms with van der Waals surface area (Å²) in [4.78, 5) is 10.3. The number of carbonyl (C=O) groups excluding carboxylic acids is 1. The third-order valence-electron chi connectivity index (χ3n) is 2.46. The highest BCUT2D eigenvalue weighted by Crippen LogP contribution is 2.26. The minimum atomic E-state index is -0.462. The van der Waals surface area contributed by atoms with Crippen LogP contribution in [0.15, 0.2) is 0 Å². The van der Waals surface area contributed by atoms with Crippen LogP contribution >= 0.6 is 0 Å². The third kappa shape index (κ3) is 7.69. The number of hydrogen-bond donors (Lipinski definition) is 0. The highest BCUT2D eigenvalue weighted by molar-refractivity contribution is 5.38. The average molecular weight is 230 g/mol. The SMILES string of the molecule is CCCCCOC(C)(C)CC(C)(C)OC=O. The molecule has 0 saturated heterocycles. The molecule has 0 bridgehead atoms. The van der Waals surface area contributed by atoms with Gasteiger partial charge in [-0.1, -0.05) is 19.8 Å². The van der Waals surface area contributed by atoms with Gasteiger partial charge in [0, 0.05) is 13.0 Å². The number of rotatable bonds is 9. The zero-order valence-electron chi connectivity index (χ0n) is 11.3. The topological polar surface area (TPSA) is 35.5 Å². The van der Waals surface area contributed by atoms with Gasteiger partial charge in [0.25, 0.3) is 6.47 Å². The Kier molecular flexibility index (Phi) is 6.65. The van der Waals surface area contributed by atoms with Crippen LogP contribution in [-0.4, -0.2) is 24.3 Å².